The van der Waals surface area contributed by atoms with E-state index in [1.54, 1.807) is 0 Å². The predicted octanol–water partition coefficient (Wildman–Crippen LogP) is 2.65. The Bertz CT molecular complexity index is 786. The molecule has 1 saturated heterocycles. The van der Waals surface area contributed by atoms with Crippen LogP contribution in [0, 0.1) is 6.92 Å². The van der Waals surface area contributed by atoms with E-state index in [2.05, 4.69) is 53.5 Å². The Kier molecular flexibility index (Phi) is 4.80. The maximum absolute atomic E-state index is 12.8. The average molecular weight is 351 g/mol. The van der Waals surface area contributed by atoms with E-state index in [4.69, 9.17) is 4.74 Å². The van der Waals surface area contributed by atoms with Gasteiger partial charge in [0.2, 0.25) is 5.91 Å². The first-order valence-corrected chi connectivity index (χ1v) is 9.24. The first-order chi connectivity index (χ1) is 12.7. The van der Waals surface area contributed by atoms with Gasteiger partial charge in [-0.05, 0) is 24.6 Å². The third kappa shape index (κ3) is 3.53. The third-order valence-electron chi connectivity index (χ3n) is 5.09. The molecular weight excluding hydrogens is 326 g/mol. The van der Waals surface area contributed by atoms with E-state index in [0.29, 0.717) is 32.8 Å². The molecule has 2 heterocycles. The van der Waals surface area contributed by atoms with E-state index in [9.17, 15) is 4.79 Å². The molecule has 1 unspecified atom stereocenters. The number of carbonyl (C=O) groups excluding carboxylic acids is 1. The fraction of sp³-hybridized carbons (Fsp3) is 0.381. The van der Waals surface area contributed by atoms with Crippen molar-refractivity contribution < 1.29 is 9.53 Å². The lowest BCUT2D eigenvalue weighted by atomic mass is 10.1. The number of fused-ring (bicyclic) bond motifs is 1. The predicted molar refractivity (Wildman–Crippen MR) is 103 cm³/mol. The van der Waals surface area contributed by atoms with Crippen LogP contribution in [-0.2, 0) is 16.0 Å². The third-order valence-corrected chi connectivity index (χ3v) is 5.09. The maximum Gasteiger partial charge on any atom is 0.242 e. The van der Waals surface area contributed by atoms with Gasteiger partial charge in [0.15, 0.2) is 0 Å². The van der Waals surface area contributed by atoms with Gasteiger partial charge in [-0.2, -0.15) is 0 Å². The van der Waals surface area contributed by atoms with Crippen molar-refractivity contribution in [3.8, 4) is 0 Å². The van der Waals surface area contributed by atoms with E-state index in [1.165, 1.54) is 11.1 Å². The normalized spacial score (nSPS) is 19.2. The molecule has 5 nitrogen and oxygen atoms in total. The number of amides is 1. The lowest BCUT2D eigenvalue weighted by molar-refractivity contribution is -0.133. The monoisotopic (exact) mass is 351 g/mol. The zero-order valence-corrected chi connectivity index (χ0v) is 15.1. The Morgan fingerprint density at radius 2 is 1.96 bits per heavy atom. The summed E-state index contributed by atoms with van der Waals surface area (Å²) in [4.78, 5) is 16.9. The van der Waals surface area contributed by atoms with Gasteiger partial charge < -0.3 is 19.9 Å². The molecule has 0 radical (unpaired) electrons. The molecule has 2 aliphatic heterocycles. The van der Waals surface area contributed by atoms with Crippen molar-refractivity contribution in [3.05, 3.63) is 59.7 Å². The fourth-order valence-electron chi connectivity index (χ4n) is 3.75. The Labute approximate surface area is 154 Å². The number of aryl methyl sites for hydroxylation is 1. The second kappa shape index (κ2) is 7.38. The van der Waals surface area contributed by atoms with Crippen molar-refractivity contribution in [2.75, 3.05) is 43.1 Å². The Morgan fingerprint density at radius 3 is 2.77 bits per heavy atom. The van der Waals surface area contributed by atoms with E-state index < -0.39 is 0 Å². The lowest BCUT2D eigenvalue weighted by Crippen LogP contribution is -2.48. The average Bonchev–Trinajstić information content (AvgIpc) is 3.00. The number of ether oxygens (including phenoxy) is 1. The van der Waals surface area contributed by atoms with Crippen molar-refractivity contribution in [2.45, 2.75) is 19.5 Å². The summed E-state index contributed by atoms with van der Waals surface area (Å²) in [5.74, 6) is 0.168. The molecule has 0 saturated carbocycles. The molecule has 2 aromatic carbocycles. The number of hydrogen-bond acceptors (Lipinski definition) is 4. The summed E-state index contributed by atoms with van der Waals surface area (Å²) in [6.07, 6.45) is 0.937. The minimum absolute atomic E-state index is 0.0826. The molecule has 0 aliphatic carbocycles. The highest BCUT2D eigenvalue weighted by Gasteiger charge is 2.31. The number of nitrogens with zero attached hydrogens (tertiary/aromatic N) is 2. The Morgan fingerprint density at radius 1 is 1.15 bits per heavy atom. The smallest absolute Gasteiger partial charge is 0.242 e. The first-order valence-electron chi connectivity index (χ1n) is 9.24. The van der Waals surface area contributed by atoms with E-state index in [-0.39, 0.29) is 12.1 Å². The number of carbonyl (C=O) groups is 1. The molecule has 2 aromatic rings. The van der Waals surface area contributed by atoms with Crippen LogP contribution in [0.1, 0.15) is 11.1 Å². The van der Waals surface area contributed by atoms with Gasteiger partial charge in [0.1, 0.15) is 6.17 Å². The number of benzene rings is 2. The topological polar surface area (TPSA) is 44.8 Å². The van der Waals surface area contributed by atoms with Gasteiger partial charge in [-0.25, -0.2) is 0 Å². The molecule has 136 valence electrons. The first kappa shape index (κ1) is 16.9. The standard InChI is InChI=1S/C21H25N3O2/c1-16-5-4-6-17(13-16)14-20-22-18-7-2-3-8-19(18)24(20)15-21(25)23-9-11-26-12-10-23/h2-8,13,20,22H,9-12,14-15H2,1H3. The van der Waals surface area contributed by atoms with Crippen molar-refractivity contribution in [1.82, 2.24) is 4.90 Å². The molecule has 0 aromatic heterocycles. The van der Waals surface area contributed by atoms with Crippen LogP contribution in [0.15, 0.2) is 48.5 Å². The van der Waals surface area contributed by atoms with Gasteiger partial charge in [-0.1, -0.05) is 42.0 Å². The molecule has 2 aliphatic rings. The van der Waals surface area contributed by atoms with Crippen LogP contribution in [0.5, 0.6) is 0 Å². The van der Waals surface area contributed by atoms with Crippen LogP contribution in [-0.4, -0.2) is 49.8 Å². The highest BCUT2D eigenvalue weighted by atomic mass is 16.5. The van der Waals surface area contributed by atoms with Crippen LogP contribution in [0.2, 0.25) is 0 Å². The summed E-state index contributed by atoms with van der Waals surface area (Å²) in [6, 6.07) is 16.8. The van der Waals surface area contributed by atoms with Gasteiger partial charge in [-0.15, -0.1) is 0 Å². The van der Waals surface area contributed by atoms with Gasteiger partial charge in [-0.3, -0.25) is 4.79 Å². The summed E-state index contributed by atoms with van der Waals surface area (Å²) in [5, 5.41) is 3.59. The second-order valence-corrected chi connectivity index (χ2v) is 6.99. The van der Waals surface area contributed by atoms with Crippen LogP contribution in [0.3, 0.4) is 0 Å². The van der Waals surface area contributed by atoms with E-state index in [0.717, 1.165) is 17.8 Å². The molecule has 0 spiro atoms. The molecule has 1 amide bonds. The van der Waals surface area contributed by atoms with Crippen LogP contribution in [0.4, 0.5) is 11.4 Å². The molecular formula is C21H25N3O2. The highest BCUT2D eigenvalue weighted by Crippen LogP contribution is 2.35. The van der Waals surface area contributed by atoms with Gasteiger partial charge in [0, 0.05) is 19.5 Å². The quantitative estimate of drug-likeness (QED) is 0.920. The van der Waals surface area contributed by atoms with Gasteiger partial charge in [0.25, 0.3) is 0 Å². The van der Waals surface area contributed by atoms with Crippen molar-refractivity contribution in [3.63, 3.8) is 0 Å². The summed E-state index contributed by atoms with van der Waals surface area (Å²) >= 11 is 0. The minimum atomic E-state index is 0.0826. The summed E-state index contributed by atoms with van der Waals surface area (Å²) in [6.45, 7) is 5.13. The number of anilines is 2. The molecule has 4 rings (SSSR count). The van der Waals surface area contributed by atoms with Crippen molar-refractivity contribution >= 4 is 17.3 Å². The molecule has 26 heavy (non-hydrogen) atoms. The molecule has 1 atom stereocenters. The van der Waals surface area contributed by atoms with Crippen LogP contribution < -0.4 is 10.2 Å². The number of rotatable bonds is 4. The number of hydrogen-bond donors (Lipinski definition) is 1. The zero-order chi connectivity index (χ0) is 17.9. The van der Waals surface area contributed by atoms with Crippen molar-refractivity contribution in [1.29, 1.82) is 0 Å². The summed E-state index contributed by atoms with van der Waals surface area (Å²) in [7, 11) is 0. The number of morpholine rings is 1. The zero-order valence-electron chi connectivity index (χ0n) is 15.1. The fourth-order valence-corrected chi connectivity index (χ4v) is 3.75. The minimum Gasteiger partial charge on any atom is -0.378 e. The number of nitrogens with one attached hydrogen (secondary N) is 1. The number of para-hydroxylation sites is 2. The molecule has 5 heteroatoms. The largest absolute Gasteiger partial charge is 0.378 e. The lowest BCUT2D eigenvalue weighted by Gasteiger charge is -2.32. The van der Waals surface area contributed by atoms with E-state index in [1.807, 2.05) is 17.0 Å². The Hall–Kier alpha value is -2.53. The van der Waals surface area contributed by atoms with E-state index >= 15 is 0 Å². The summed E-state index contributed by atoms with van der Waals surface area (Å²) < 4.78 is 5.37. The summed E-state index contributed by atoms with van der Waals surface area (Å²) in [5.41, 5.74) is 4.74. The molecule has 0 bridgehead atoms. The van der Waals surface area contributed by atoms with Gasteiger partial charge >= 0.3 is 0 Å². The van der Waals surface area contributed by atoms with Gasteiger partial charge in [0.05, 0.1) is 31.1 Å². The SMILES string of the molecule is Cc1cccc(CC2Nc3ccccc3N2CC(=O)N2CCOCC2)c1. The Balaban J connectivity index is 1.54. The van der Waals surface area contributed by atoms with Crippen molar-refractivity contribution in [2.24, 2.45) is 0 Å². The van der Waals surface area contributed by atoms with Crippen LogP contribution in [0.25, 0.3) is 0 Å². The maximum atomic E-state index is 12.8. The molecule has 1 fully saturated rings. The second-order valence-electron chi connectivity index (χ2n) is 6.99. The highest BCUT2D eigenvalue weighted by molar-refractivity contribution is 5.86. The van der Waals surface area contributed by atoms with Crippen LogP contribution >= 0.6 is 0 Å². The molecule has 1 N–H and O–H groups in total.